The molecule has 0 aliphatic heterocycles. The summed E-state index contributed by atoms with van der Waals surface area (Å²) in [6.45, 7) is 4.29. The van der Waals surface area contributed by atoms with E-state index in [1.165, 1.54) is 32.9 Å². The van der Waals surface area contributed by atoms with E-state index in [9.17, 15) is 0 Å². The third-order valence-electron chi connectivity index (χ3n) is 7.14. The van der Waals surface area contributed by atoms with Gasteiger partial charge in [0.05, 0.1) is 11.0 Å². The maximum atomic E-state index is 4.94. The summed E-state index contributed by atoms with van der Waals surface area (Å²) in [6.07, 6.45) is 0. The molecule has 4 nitrogen and oxygen atoms in total. The summed E-state index contributed by atoms with van der Waals surface area (Å²) >= 11 is 0. The molecule has 186 valence electrons. The fraction of sp³-hybridized carbons (Fsp3) is 0.0571. The molecule has 0 amide bonds. The van der Waals surface area contributed by atoms with Gasteiger partial charge in [0.25, 0.3) is 0 Å². The van der Waals surface area contributed by atoms with Crippen molar-refractivity contribution in [3.8, 4) is 39.9 Å². The number of nitrogens with zero attached hydrogens (tertiary/aromatic N) is 4. The van der Waals surface area contributed by atoms with Crippen molar-refractivity contribution in [3.05, 3.63) is 132 Å². The fourth-order valence-electron chi connectivity index (χ4n) is 5.24. The van der Waals surface area contributed by atoms with E-state index in [2.05, 4.69) is 79.1 Å². The zero-order chi connectivity index (χ0) is 26.3. The Labute approximate surface area is 227 Å². The molecule has 0 saturated heterocycles. The second-order valence-corrected chi connectivity index (χ2v) is 9.97. The fourth-order valence-corrected chi connectivity index (χ4v) is 5.24. The van der Waals surface area contributed by atoms with E-state index in [0.717, 1.165) is 22.4 Å². The van der Waals surface area contributed by atoms with Crippen LogP contribution in [0.25, 0.3) is 61.7 Å². The summed E-state index contributed by atoms with van der Waals surface area (Å²) in [7, 11) is 0. The lowest BCUT2D eigenvalue weighted by Crippen LogP contribution is -2.01. The van der Waals surface area contributed by atoms with Gasteiger partial charge in [-0.15, -0.1) is 0 Å². The normalized spacial score (nSPS) is 11.3. The summed E-state index contributed by atoms with van der Waals surface area (Å²) in [5, 5.41) is 2.50. The van der Waals surface area contributed by atoms with Gasteiger partial charge in [-0.25, -0.2) is 15.0 Å². The zero-order valence-electron chi connectivity index (χ0n) is 21.8. The van der Waals surface area contributed by atoms with Crippen molar-refractivity contribution in [1.29, 1.82) is 0 Å². The van der Waals surface area contributed by atoms with Crippen molar-refractivity contribution >= 4 is 21.8 Å². The number of hydrogen-bond acceptors (Lipinski definition) is 3. The Kier molecular flexibility index (Phi) is 5.52. The minimum Gasteiger partial charge on any atom is -0.309 e. The van der Waals surface area contributed by atoms with E-state index in [-0.39, 0.29) is 0 Å². The molecule has 7 aromatic rings. The molecule has 0 fully saturated rings. The van der Waals surface area contributed by atoms with E-state index in [1.54, 1.807) is 0 Å². The van der Waals surface area contributed by atoms with Crippen LogP contribution in [0.4, 0.5) is 0 Å². The van der Waals surface area contributed by atoms with Crippen molar-refractivity contribution < 1.29 is 0 Å². The van der Waals surface area contributed by atoms with Crippen molar-refractivity contribution in [3.63, 3.8) is 0 Å². The van der Waals surface area contributed by atoms with Crippen LogP contribution in [0.15, 0.2) is 121 Å². The average Bonchev–Trinajstić information content (AvgIpc) is 3.30. The maximum Gasteiger partial charge on any atom is 0.164 e. The van der Waals surface area contributed by atoms with Crippen LogP contribution in [0.2, 0.25) is 0 Å². The standard InChI is InChI=1S/C35H26N4/c1-23-16-18-29-30-19-17-24(2)21-32(30)39(31(29)20-23)28-15-9-14-27(22-28)35-37-33(25-10-5-3-6-11-25)36-34(38-35)26-12-7-4-8-13-26/h3-22H,1-2H3. The molecule has 0 spiro atoms. The highest BCUT2D eigenvalue weighted by Gasteiger charge is 2.16. The summed E-state index contributed by atoms with van der Waals surface area (Å²) in [6, 6.07) is 42.0. The lowest BCUT2D eigenvalue weighted by atomic mass is 10.1. The van der Waals surface area contributed by atoms with Gasteiger partial charge in [0.2, 0.25) is 0 Å². The summed E-state index contributed by atoms with van der Waals surface area (Å²) in [5.74, 6) is 1.97. The molecule has 2 heterocycles. The average molecular weight is 503 g/mol. The summed E-state index contributed by atoms with van der Waals surface area (Å²) in [5.41, 5.74) is 8.79. The van der Waals surface area contributed by atoms with Gasteiger partial charge in [0.1, 0.15) is 0 Å². The van der Waals surface area contributed by atoms with Crippen LogP contribution in [0.5, 0.6) is 0 Å². The van der Waals surface area contributed by atoms with E-state index in [1.807, 2.05) is 60.7 Å². The minimum absolute atomic E-state index is 0.651. The molecule has 0 saturated carbocycles. The number of benzene rings is 5. The number of aromatic nitrogens is 4. The highest BCUT2D eigenvalue weighted by atomic mass is 15.0. The van der Waals surface area contributed by atoms with Gasteiger partial charge in [-0.05, 0) is 49.2 Å². The molecule has 4 heteroatoms. The van der Waals surface area contributed by atoms with E-state index in [4.69, 9.17) is 15.0 Å². The molecule has 0 N–H and O–H groups in total. The predicted octanol–water partition coefficient (Wildman–Crippen LogP) is 8.59. The first-order chi connectivity index (χ1) is 19.1. The molecule has 0 radical (unpaired) electrons. The third kappa shape index (κ3) is 4.16. The first-order valence-corrected chi connectivity index (χ1v) is 13.1. The minimum atomic E-state index is 0.651. The van der Waals surface area contributed by atoms with E-state index < -0.39 is 0 Å². The van der Waals surface area contributed by atoms with E-state index in [0.29, 0.717) is 17.5 Å². The number of aryl methyl sites for hydroxylation is 2. The molecule has 0 aliphatic carbocycles. The molecule has 5 aromatic carbocycles. The molecule has 0 unspecified atom stereocenters. The smallest absolute Gasteiger partial charge is 0.164 e. The Morgan fingerprint density at radius 2 is 0.897 bits per heavy atom. The monoisotopic (exact) mass is 502 g/mol. The van der Waals surface area contributed by atoms with Crippen LogP contribution in [-0.2, 0) is 0 Å². The SMILES string of the molecule is Cc1ccc2c3ccc(C)cc3n(-c3cccc(-c4nc(-c5ccccc5)nc(-c5ccccc5)n4)c3)c2c1. The molecular weight excluding hydrogens is 476 g/mol. The van der Waals surface area contributed by atoms with Gasteiger partial charge in [0.15, 0.2) is 17.5 Å². The molecule has 0 atom stereocenters. The third-order valence-corrected chi connectivity index (χ3v) is 7.14. The Morgan fingerprint density at radius 3 is 1.41 bits per heavy atom. The topological polar surface area (TPSA) is 43.6 Å². The van der Waals surface area contributed by atoms with Crippen LogP contribution in [0.3, 0.4) is 0 Å². The van der Waals surface area contributed by atoms with Crippen LogP contribution in [-0.4, -0.2) is 19.5 Å². The highest BCUT2D eigenvalue weighted by molar-refractivity contribution is 6.09. The van der Waals surface area contributed by atoms with Gasteiger partial charge < -0.3 is 4.57 Å². The second kappa shape index (κ2) is 9.34. The largest absolute Gasteiger partial charge is 0.309 e. The molecule has 0 bridgehead atoms. The summed E-state index contributed by atoms with van der Waals surface area (Å²) < 4.78 is 2.35. The number of hydrogen-bond donors (Lipinski definition) is 0. The first-order valence-electron chi connectivity index (χ1n) is 13.1. The Morgan fingerprint density at radius 1 is 0.436 bits per heavy atom. The zero-order valence-corrected chi connectivity index (χ0v) is 21.8. The van der Waals surface area contributed by atoms with Crippen LogP contribution >= 0.6 is 0 Å². The molecule has 7 rings (SSSR count). The summed E-state index contributed by atoms with van der Waals surface area (Å²) in [4.78, 5) is 14.7. The lowest BCUT2D eigenvalue weighted by Gasteiger charge is -2.12. The maximum absolute atomic E-state index is 4.94. The Balaban J connectivity index is 1.45. The van der Waals surface area contributed by atoms with Crippen molar-refractivity contribution in [1.82, 2.24) is 19.5 Å². The van der Waals surface area contributed by atoms with Crippen LogP contribution in [0.1, 0.15) is 11.1 Å². The van der Waals surface area contributed by atoms with Gasteiger partial charge >= 0.3 is 0 Å². The molecular formula is C35H26N4. The van der Waals surface area contributed by atoms with Gasteiger partial charge in [-0.3, -0.25) is 0 Å². The molecule has 2 aromatic heterocycles. The van der Waals surface area contributed by atoms with Crippen molar-refractivity contribution in [2.75, 3.05) is 0 Å². The Bertz CT molecular complexity index is 1860. The predicted molar refractivity (Wildman–Crippen MR) is 160 cm³/mol. The van der Waals surface area contributed by atoms with Crippen LogP contribution in [0, 0.1) is 13.8 Å². The Hall–Kier alpha value is -5.09. The number of fused-ring (bicyclic) bond motifs is 3. The van der Waals surface area contributed by atoms with Gasteiger partial charge in [-0.2, -0.15) is 0 Å². The van der Waals surface area contributed by atoms with Gasteiger partial charge in [-0.1, -0.05) is 97.1 Å². The van der Waals surface area contributed by atoms with Crippen molar-refractivity contribution in [2.45, 2.75) is 13.8 Å². The first kappa shape index (κ1) is 23.1. The van der Waals surface area contributed by atoms with Crippen LogP contribution < -0.4 is 0 Å². The lowest BCUT2D eigenvalue weighted by molar-refractivity contribution is 1.07. The second-order valence-electron chi connectivity index (χ2n) is 9.97. The quantitative estimate of drug-likeness (QED) is 0.242. The molecule has 0 aliphatic rings. The van der Waals surface area contributed by atoms with Gasteiger partial charge in [0, 0.05) is 33.2 Å². The molecule has 39 heavy (non-hydrogen) atoms. The van der Waals surface area contributed by atoms with E-state index >= 15 is 0 Å². The highest BCUT2D eigenvalue weighted by Crippen LogP contribution is 2.34. The number of rotatable bonds is 4. The van der Waals surface area contributed by atoms with Crippen molar-refractivity contribution in [2.24, 2.45) is 0 Å².